The molecule has 0 unspecified atom stereocenters. The van der Waals surface area contributed by atoms with Crippen molar-refractivity contribution in [3.05, 3.63) is 83.2 Å². The third-order valence-corrected chi connectivity index (χ3v) is 8.43. The third-order valence-electron chi connectivity index (χ3n) is 7.57. The number of nitrogens with one attached hydrogen (secondary N) is 2. The average Bonchev–Trinajstić information content (AvgIpc) is 3.81. The molecule has 2 N–H and O–H groups in total. The van der Waals surface area contributed by atoms with Gasteiger partial charge in [-0.1, -0.05) is 29.5 Å². The number of hydrogen-bond acceptors (Lipinski definition) is 8. The summed E-state index contributed by atoms with van der Waals surface area (Å²) in [4.78, 5) is 31.1. The summed E-state index contributed by atoms with van der Waals surface area (Å²) in [5.41, 5.74) is 3.43. The van der Waals surface area contributed by atoms with Crippen LogP contribution in [0, 0.1) is 24.1 Å². The number of amides is 2. The summed E-state index contributed by atoms with van der Waals surface area (Å²) in [5.74, 6) is -0.548. The van der Waals surface area contributed by atoms with E-state index >= 15 is 4.39 Å². The van der Waals surface area contributed by atoms with Crippen LogP contribution in [0.1, 0.15) is 40.2 Å². The number of carbonyl (C=O) groups is 2. The van der Waals surface area contributed by atoms with Crippen LogP contribution in [-0.4, -0.2) is 61.3 Å². The maximum absolute atomic E-state index is 16.4. The minimum atomic E-state index is -0.535. The van der Waals surface area contributed by atoms with Crippen molar-refractivity contribution in [1.29, 1.82) is 5.26 Å². The fourth-order valence-electron chi connectivity index (χ4n) is 5.34. The molecule has 11 nitrogen and oxygen atoms in total. The van der Waals surface area contributed by atoms with Crippen LogP contribution in [-0.2, 0) is 11.3 Å². The van der Waals surface area contributed by atoms with Crippen LogP contribution in [0.5, 0.6) is 5.75 Å². The highest BCUT2D eigenvalue weighted by Gasteiger charge is 2.26. The summed E-state index contributed by atoms with van der Waals surface area (Å²) in [7, 11) is 1.56. The minimum absolute atomic E-state index is 0.0635. The maximum Gasteiger partial charge on any atom is 0.272 e. The topological polar surface area (TPSA) is 142 Å². The van der Waals surface area contributed by atoms with E-state index in [1.807, 2.05) is 30.3 Å². The zero-order chi connectivity index (χ0) is 30.8. The number of methoxy groups -OCH3 is 1. The first-order chi connectivity index (χ1) is 21.4. The fourth-order valence-corrected chi connectivity index (χ4v) is 6.08. The molecule has 1 aliphatic heterocycles. The molecule has 0 fully saturated rings. The molecule has 3 aromatic heterocycles. The van der Waals surface area contributed by atoms with Gasteiger partial charge in [0.25, 0.3) is 5.91 Å². The van der Waals surface area contributed by atoms with Gasteiger partial charge in [-0.15, -0.1) is 5.10 Å². The normalized spacial score (nSPS) is 13.0. The molecule has 222 valence electrons. The Bertz CT molecular complexity index is 1950. The number of carbonyl (C=O) groups excluding carboxylic acids is 2. The van der Waals surface area contributed by atoms with Gasteiger partial charge in [0.2, 0.25) is 5.91 Å². The first-order valence-corrected chi connectivity index (χ1v) is 14.6. The predicted molar refractivity (Wildman–Crippen MR) is 164 cm³/mol. The second-order valence-electron chi connectivity index (χ2n) is 10.2. The number of fused-ring (bicyclic) bond motifs is 1. The SMILES string of the molecule is COc1ccccc1-c1cc(C2=CCCN(C(=O)CCn3ccnn3)C2)c(F)c2[nH]c(C(=O)Nc3snc(C)c3C#N)cc12. The molecule has 2 aromatic carbocycles. The van der Waals surface area contributed by atoms with Crippen LogP contribution < -0.4 is 10.1 Å². The highest BCUT2D eigenvalue weighted by molar-refractivity contribution is 7.10. The van der Waals surface area contributed by atoms with Gasteiger partial charge in [-0.3, -0.25) is 14.3 Å². The monoisotopic (exact) mass is 610 g/mol. The van der Waals surface area contributed by atoms with Crippen molar-refractivity contribution in [3.63, 3.8) is 0 Å². The smallest absolute Gasteiger partial charge is 0.272 e. The largest absolute Gasteiger partial charge is 0.496 e. The molecule has 0 aliphatic carbocycles. The van der Waals surface area contributed by atoms with Gasteiger partial charge in [0, 0.05) is 42.2 Å². The minimum Gasteiger partial charge on any atom is -0.496 e. The van der Waals surface area contributed by atoms with Crippen LogP contribution in [0.4, 0.5) is 9.39 Å². The second kappa shape index (κ2) is 12.1. The standard InChI is InChI=1S/C31H27FN8O3S/c1-18-24(16-33)31(44-37-18)36-30(42)25-15-23-22(20-7-3-4-8-26(20)43-2)14-21(28(32)29(23)35-25)19-6-5-11-39(17-19)27(41)9-12-40-13-10-34-38-40/h3-4,6-8,10,13-15,35H,5,9,11-12,17H2,1-2H3,(H,36,42). The number of nitrogens with zero attached hydrogens (tertiary/aromatic N) is 6. The zero-order valence-electron chi connectivity index (χ0n) is 23.9. The Morgan fingerprint density at radius 2 is 2.07 bits per heavy atom. The predicted octanol–water partition coefficient (Wildman–Crippen LogP) is 5.17. The van der Waals surface area contributed by atoms with Crippen molar-refractivity contribution in [2.75, 3.05) is 25.5 Å². The van der Waals surface area contributed by atoms with Gasteiger partial charge in [0.05, 0.1) is 31.1 Å². The number of para-hydroxylation sites is 1. The van der Waals surface area contributed by atoms with Gasteiger partial charge in [0.15, 0.2) is 5.82 Å². The van der Waals surface area contributed by atoms with Gasteiger partial charge in [-0.2, -0.15) is 9.64 Å². The molecule has 44 heavy (non-hydrogen) atoms. The highest BCUT2D eigenvalue weighted by Crippen LogP contribution is 2.40. The van der Waals surface area contributed by atoms with Gasteiger partial charge in [0.1, 0.15) is 28.1 Å². The van der Waals surface area contributed by atoms with E-state index in [1.54, 1.807) is 48.1 Å². The molecule has 5 aromatic rings. The lowest BCUT2D eigenvalue weighted by molar-refractivity contribution is -0.131. The number of H-pyrrole nitrogens is 1. The molecule has 6 rings (SSSR count). The van der Waals surface area contributed by atoms with E-state index in [1.165, 1.54) is 0 Å². The molecule has 13 heteroatoms. The molecule has 4 heterocycles. The van der Waals surface area contributed by atoms with Crippen LogP contribution in [0.25, 0.3) is 27.6 Å². The zero-order valence-corrected chi connectivity index (χ0v) is 24.7. The third kappa shape index (κ3) is 5.43. The van der Waals surface area contributed by atoms with Gasteiger partial charge >= 0.3 is 0 Å². The molecule has 1 aliphatic rings. The lowest BCUT2D eigenvalue weighted by Crippen LogP contribution is -2.36. The summed E-state index contributed by atoms with van der Waals surface area (Å²) in [6, 6.07) is 12.8. The Labute approximate surface area is 255 Å². The van der Waals surface area contributed by atoms with Gasteiger partial charge < -0.3 is 19.9 Å². The first-order valence-electron chi connectivity index (χ1n) is 13.9. The molecule has 0 atom stereocenters. The quantitative estimate of drug-likeness (QED) is 0.247. The maximum atomic E-state index is 16.4. The second-order valence-corrected chi connectivity index (χ2v) is 11.0. The number of halogens is 1. The molecular weight excluding hydrogens is 583 g/mol. The van der Waals surface area contributed by atoms with E-state index in [-0.39, 0.29) is 35.6 Å². The Balaban J connectivity index is 1.38. The molecular formula is C31H27FN8O3S. The van der Waals surface area contributed by atoms with Crippen LogP contribution in [0.15, 0.2) is 54.9 Å². The molecule has 0 bridgehead atoms. The van der Waals surface area contributed by atoms with E-state index in [0.717, 1.165) is 11.5 Å². The number of aryl methyl sites for hydroxylation is 2. The molecule has 0 spiro atoms. The number of nitriles is 1. The van der Waals surface area contributed by atoms with E-state index in [9.17, 15) is 14.9 Å². The Hall–Kier alpha value is -5.35. The molecule has 2 amide bonds. The highest BCUT2D eigenvalue weighted by atomic mass is 32.1. The van der Waals surface area contributed by atoms with E-state index in [2.05, 4.69) is 31.1 Å². The number of hydrogen-bond donors (Lipinski definition) is 2. The van der Waals surface area contributed by atoms with Crippen molar-refractivity contribution in [2.45, 2.75) is 26.3 Å². The summed E-state index contributed by atoms with van der Waals surface area (Å²) < 4.78 is 27.8. The van der Waals surface area contributed by atoms with E-state index in [0.29, 0.717) is 63.6 Å². The molecule has 0 saturated heterocycles. The van der Waals surface area contributed by atoms with E-state index in [4.69, 9.17) is 4.74 Å². The van der Waals surface area contributed by atoms with Crippen molar-refractivity contribution >= 4 is 44.8 Å². The van der Waals surface area contributed by atoms with Gasteiger partial charge in [-0.05, 0) is 54.2 Å². The number of ether oxygens (including phenoxy) is 1. The number of rotatable bonds is 8. The lowest BCUT2D eigenvalue weighted by Gasteiger charge is -2.28. The summed E-state index contributed by atoms with van der Waals surface area (Å²) >= 11 is 1.01. The van der Waals surface area contributed by atoms with Crippen LogP contribution in [0.2, 0.25) is 0 Å². The fraction of sp³-hybridized carbons (Fsp3) is 0.226. The lowest BCUT2D eigenvalue weighted by atomic mass is 9.93. The van der Waals surface area contributed by atoms with Crippen LogP contribution in [0.3, 0.4) is 0 Å². The molecule has 0 saturated carbocycles. The van der Waals surface area contributed by atoms with E-state index < -0.39 is 11.7 Å². The van der Waals surface area contributed by atoms with Crippen LogP contribution >= 0.6 is 11.5 Å². The number of aromatic amines is 1. The van der Waals surface area contributed by atoms with Crippen molar-refractivity contribution in [3.8, 4) is 22.9 Å². The Morgan fingerprint density at radius 3 is 2.84 bits per heavy atom. The summed E-state index contributed by atoms with van der Waals surface area (Å²) in [6.07, 6.45) is 6.02. The van der Waals surface area contributed by atoms with Crippen molar-refractivity contribution < 1.29 is 18.7 Å². The average molecular weight is 611 g/mol. The number of benzene rings is 2. The first kappa shape index (κ1) is 28.8. The van der Waals surface area contributed by atoms with Crippen molar-refractivity contribution in [1.82, 2.24) is 29.3 Å². The summed E-state index contributed by atoms with van der Waals surface area (Å²) in [5, 5.41) is 20.7. The number of aromatic nitrogens is 5. The Kier molecular flexibility index (Phi) is 7.91. The molecule has 0 radical (unpaired) electrons. The number of anilines is 1. The Morgan fingerprint density at radius 1 is 1.23 bits per heavy atom. The summed E-state index contributed by atoms with van der Waals surface area (Å²) in [6.45, 7) is 2.85. The van der Waals surface area contributed by atoms with Gasteiger partial charge in [-0.25, -0.2) is 4.39 Å². The van der Waals surface area contributed by atoms with Crippen molar-refractivity contribution in [2.24, 2.45) is 0 Å².